The van der Waals surface area contributed by atoms with Gasteiger partial charge >= 0.3 is 0 Å². The van der Waals surface area contributed by atoms with Crippen molar-refractivity contribution in [3.05, 3.63) is 74.2 Å². The molecule has 0 spiro atoms. The number of hydrogen-bond donors (Lipinski definition) is 1. The Bertz CT molecular complexity index is 1010. The summed E-state index contributed by atoms with van der Waals surface area (Å²) >= 11 is 6.88. The Labute approximate surface area is 180 Å². The molecule has 0 aromatic heterocycles. The summed E-state index contributed by atoms with van der Waals surface area (Å²) in [5.41, 5.74) is 6.02. The molecule has 5 nitrogen and oxygen atoms in total. The van der Waals surface area contributed by atoms with Crippen molar-refractivity contribution < 1.29 is 14.3 Å². The lowest BCUT2D eigenvalue weighted by Gasteiger charge is -2.16. The van der Waals surface area contributed by atoms with Gasteiger partial charge in [0.05, 0.1) is 10.2 Å². The lowest BCUT2D eigenvalue weighted by atomic mass is 10.1. The Morgan fingerprint density at radius 3 is 2.57 bits per heavy atom. The molecule has 0 atom stereocenters. The van der Waals surface area contributed by atoms with Crippen LogP contribution in [0.2, 0.25) is 0 Å². The van der Waals surface area contributed by atoms with Gasteiger partial charge in [-0.3, -0.25) is 15.0 Å². The van der Waals surface area contributed by atoms with Gasteiger partial charge in [0.15, 0.2) is 0 Å². The molecule has 1 heterocycles. The number of halogens is 2. The number of nitrogens with zero attached hydrogens (tertiary/aromatic N) is 1. The Morgan fingerprint density at radius 1 is 1.14 bits per heavy atom. The van der Waals surface area contributed by atoms with Gasteiger partial charge in [-0.15, -0.1) is 0 Å². The van der Waals surface area contributed by atoms with E-state index in [0.717, 1.165) is 15.6 Å². The van der Waals surface area contributed by atoms with Crippen LogP contribution in [0.25, 0.3) is 6.08 Å². The maximum absolute atomic E-state index is 12.9. The Hall–Kier alpha value is -2.38. The molecule has 2 aromatic rings. The van der Waals surface area contributed by atoms with Gasteiger partial charge in [-0.25, -0.2) is 5.01 Å². The summed E-state index contributed by atoms with van der Waals surface area (Å²) < 4.78 is 7.19. The van der Waals surface area contributed by atoms with E-state index >= 15 is 0 Å². The number of anilines is 1. The molecule has 1 fully saturated rings. The molecular formula is C21H18Br2N2O3. The summed E-state index contributed by atoms with van der Waals surface area (Å²) in [6.07, 6.45) is 3.16. The molecule has 1 aliphatic rings. The highest BCUT2D eigenvalue weighted by Crippen LogP contribution is 2.35. The fraction of sp³-hybridized carbons (Fsp3) is 0.143. The number of rotatable bonds is 5. The average Bonchev–Trinajstić information content (AvgIpc) is 2.91. The second-order valence-electron chi connectivity index (χ2n) is 6.31. The zero-order chi connectivity index (χ0) is 20.4. The molecule has 28 heavy (non-hydrogen) atoms. The van der Waals surface area contributed by atoms with Crippen LogP contribution in [0, 0.1) is 13.8 Å². The number of carbonyl (C=O) groups excluding carboxylic acids is 2. The third-order valence-corrected chi connectivity index (χ3v) is 5.37. The third kappa shape index (κ3) is 4.05. The van der Waals surface area contributed by atoms with Crippen molar-refractivity contribution in [3.63, 3.8) is 0 Å². The highest BCUT2D eigenvalue weighted by molar-refractivity contribution is 9.11. The zero-order valence-electron chi connectivity index (χ0n) is 15.4. The fourth-order valence-corrected chi connectivity index (χ4v) is 4.11. The van der Waals surface area contributed by atoms with E-state index in [2.05, 4.69) is 43.9 Å². The minimum absolute atomic E-state index is 0.0340. The fourth-order valence-electron chi connectivity index (χ4n) is 2.74. The number of nitrogens with one attached hydrogen (secondary N) is 1. The molecule has 1 saturated heterocycles. The number of aryl methyl sites for hydroxylation is 2. The molecule has 1 N–H and O–H groups in total. The van der Waals surface area contributed by atoms with Crippen LogP contribution in [-0.4, -0.2) is 18.4 Å². The topological polar surface area (TPSA) is 58.6 Å². The number of carbonyl (C=O) groups is 2. The molecule has 0 unspecified atom stereocenters. The Balaban J connectivity index is 2.01. The highest BCUT2D eigenvalue weighted by Gasteiger charge is 2.35. The molecule has 0 saturated carbocycles. The maximum atomic E-state index is 12.9. The molecule has 1 aliphatic heterocycles. The van der Waals surface area contributed by atoms with E-state index in [1.807, 2.05) is 32.0 Å². The van der Waals surface area contributed by atoms with E-state index in [9.17, 15) is 9.59 Å². The Kier molecular flexibility index (Phi) is 6.05. The number of ether oxygens (including phenoxy) is 1. The monoisotopic (exact) mass is 504 g/mol. The summed E-state index contributed by atoms with van der Waals surface area (Å²) in [7, 11) is 0. The smallest absolute Gasteiger partial charge is 0.282 e. The van der Waals surface area contributed by atoms with E-state index in [1.165, 1.54) is 11.1 Å². The van der Waals surface area contributed by atoms with Crippen LogP contribution >= 0.6 is 31.9 Å². The first-order chi connectivity index (χ1) is 13.3. The quantitative estimate of drug-likeness (QED) is 0.359. The number of hydrogen-bond acceptors (Lipinski definition) is 3. The highest BCUT2D eigenvalue weighted by atomic mass is 79.9. The van der Waals surface area contributed by atoms with Gasteiger partial charge in [0.2, 0.25) is 0 Å². The first-order valence-electron chi connectivity index (χ1n) is 8.49. The van der Waals surface area contributed by atoms with Crippen LogP contribution in [0.4, 0.5) is 5.69 Å². The van der Waals surface area contributed by atoms with E-state index in [1.54, 1.807) is 18.2 Å². The largest absolute Gasteiger partial charge is 0.488 e. The normalized spacial score (nSPS) is 15.1. The number of benzene rings is 2. The van der Waals surface area contributed by atoms with Gasteiger partial charge in [0.1, 0.15) is 17.9 Å². The van der Waals surface area contributed by atoms with Crippen molar-refractivity contribution in [2.45, 2.75) is 13.8 Å². The summed E-state index contributed by atoms with van der Waals surface area (Å²) in [6.45, 7) is 7.89. The molecule has 0 radical (unpaired) electrons. The molecule has 0 aliphatic carbocycles. The summed E-state index contributed by atoms with van der Waals surface area (Å²) in [5.74, 6) is -0.353. The summed E-state index contributed by atoms with van der Waals surface area (Å²) in [5, 5.41) is 1.26. The second kappa shape index (κ2) is 8.32. The molecule has 3 rings (SSSR count). The predicted octanol–water partition coefficient (Wildman–Crippen LogP) is 4.85. The number of amides is 2. The first-order valence-corrected chi connectivity index (χ1v) is 10.1. The lowest BCUT2D eigenvalue weighted by Crippen LogP contribution is -2.35. The number of hydrazine groups is 1. The van der Waals surface area contributed by atoms with Crippen molar-refractivity contribution in [3.8, 4) is 5.75 Å². The standard InChI is InChI=1S/C21H18Br2N2O3/c1-4-7-28-19-14(9-15(22)11-18(19)23)10-17-20(26)24-25(21(17)27)16-6-5-12(2)13(3)8-16/h4-6,8-11H,1,7H2,2-3H3,(H,24,26)/b17-10-. The van der Waals surface area contributed by atoms with E-state index in [0.29, 0.717) is 28.1 Å². The van der Waals surface area contributed by atoms with Gasteiger partial charge in [-0.05, 0) is 71.2 Å². The van der Waals surface area contributed by atoms with Crippen LogP contribution in [0.3, 0.4) is 0 Å². The second-order valence-corrected chi connectivity index (χ2v) is 8.08. The summed E-state index contributed by atoms with van der Waals surface area (Å²) in [4.78, 5) is 25.4. The van der Waals surface area contributed by atoms with Crippen molar-refractivity contribution in [1.29, 1.82) is 0 Å². The molecule has 144 valence electrons. The van der Waals surface area contributed by atoms with Gasteiger partial charge in [-0.1, -0.05) is 34.7 Å². The van der Waals surface area contributed by atoms with Crippen molar-refractivity contribution in [2.75, 3.05) is 11.6 Å². The van der Waals surface area contributed by atoms with Gasteiger partial charge in [-0.2, -0.15) is 0 Å². The van der Waals surface area contributed by atoms with Crippen LogP contribution in [0.1, 0.15) is 16.7 Å². The van der Waals surface area contributed by atoms with Gasteiger partial charge in [0.25, 0.3) is 11.8 Å². The summed E-state index contributed by atoms with van der Waals surface area (Å²) in [6, 6.07) is 9.20. The first kappa shape index (κ1) is 20.4. The lowest BCUT2D eigenvalue weighted by molar-refractivity contribution is -0.117. The molecule has 2 aromatic carbocycles. The minimum Gasteiger partial charge on any atom is -0.488 e. The molecular weight excluding hydrogens is 488 g/mol. The zero-order valence-corrected chi connectivity index (χ0v) is 18.6. The van der Waals surface area contributed by atoms with Crippen LogP contribution < -0.4 is 15.2 Å². The van der Waals surface area contributed by atoms with Crippen LogP contribution in [-0.2, 0) is 9.59 Å². The van der Waals surface area contributed by atoms with Gasteiger partial charge < -0.3 is 4.74 Å². The van der Waals surface area contributed by atoms with E-state index in [4.69, 9.17) is 4.74 Å². The van der Waals surface area contributed by atoms with E-state index < -0.39 is 11.8 Å². The predicted molar refractivity (Wildman–Crippen MR) is 117 cm³/mol. The average molecular weight is 506 g/mol. The molecule has 2 amide bonds. The third-order valence-electron chi connectivity index (χ3n) is 4.32. The molecule has 7 heteroatoms. The molecule has 0 bridgehead atoms. The van der Waals surface area contributed by atoms with Crippen LogP contribution in [0.5, 0.6) is 5.75 Å². The SMILES string of the molecule is C=CCOc1c(Br)cc(Br)cc1/C=C1/C(=O)NN(c2ccc(C)c(C)c2)C1=O. The minimum atomic E-state index is -0.464. The maximum Gasteiger partial charge on any atom is 0.282 e. The van der Waals surface area contributed by atoms with E-state index in [-0.39, 0.29) is 5.57 Å². The van der Waals surface area contributed by atoms with Crippen molar-refractivity contribution in [2.24, 2.45) is 0 Å². The van der Waals surface area contributed by atoms with Crippen molar-refractivity contribution >= 4 is 55.4 Å². The van der Waals surface area contributed by atoms with Crippen LogP contribution in [0.15, 0.2) is 57.5 Å². The van der Waals surface area contributed by atoms with Gasteiger partial charge in [0, 0.05) is 10.0 Å². The van der Waals surface area contributed by atoms with Crippen molar-refractivity contribution in [1.82, 2.24) is 5.43 Å². The Morgan fingerprint density at radius 2 is 1.89 bits per heavy atom.